The van der Waals surface area contributed by atoms with Crippen LogP contribution in [0.15, 0.2) is 48.8 Å². The molecule has 1 aliphatic carbocycles. The van der Waals surface area contributed by atoms with Gasteiger partial charge in [0, 0.05) is 40.5 Å². The molecule has 2 heterocycles. The van der Waals surface area contributed by atoms with Gasteiger partial charge in [-0.3, -0.25) is 9.78 Å². The lowest BCUT2D eigenvalue weighted by Gasteiger charge is -2.26. The number of amides is 1. The Labute approximate surface area is 146 Å². The second kappa shape index (κ2) is 6.69. The van der Waals surface area contributed by atoms with Crippen molar-refractivity contribution in [2.75, 3.05) is 0 Å². The van der Waals surface area contributed by atoms with Crippen molar-refractivity contribution in [3.63, 3.8) is 0 Å². The minimum absolute atomic E-state index is 0.0549. The summed E-state index contributed by atoms with van der Waals surface area (Å²) >= 11 is 0. The number of nitrogens with zero attached hydrogens (tertiary/aromatic N) is 1. The lowest BCUT2D eigenvalue weighted by Crippen LogP contribution is -2.38. The molecule has 0 unspecified atom stereocenters. The first kappa shape index (κ1) is 15.8. The summed E-state index contributed by atoms with van der Waals surface area (Å²) in [6.07, 6.45) is 6.67. The Balaban J connectivity index is 1.50. The number of aliphatic hydroxyl groups excluding tert-OH is 1. The molecule has 1 aliphatic rings. The van der Waals surface area contributed by atoms with Crippen molar-refractivity contribution in [2.24, 2.45) is 0 Å². The van der Waals surface area contributed by atoms with Crippen molar-refractivity contribution in [1.29, 1.82) is 0 Å². The topological polar surface area (TPSA) is 78.0 Å². The van der Waals surface area contributed by atoms with E-state index >= 15 is 0 Å². The number of benzene rings is 1. The molecule has 2 aromatic heterocycles. The highest BCUT2D eigenvalue weighted by Gasteiger charge is 2.21. The molecule has 0 bridgehead atoms. The maximum atomic E-state index is 12.4. The molecule has 3 N–H and O–H groups in total. The summed E-state index contributed by atoms with van der Waals surface area (Å²) in [7, 11) is 0. The van der Waals surface area contributed by atoms with Crippen LogP contribution in [0.3, 0.4) is 0 Å². The molecule has 1 fully saturated rings. The van der Waals surface area contributed by atoms with E-state index in [2.05, 4.69) is 15.3 Å². The van der Waals surface area contributed by atoms with Crippen LogP contribution in [0.4, 0.5) is 0 Å². The largest absolute Gasteiger partial charge is 0.393 e. The standard InChI is InChI=1S/C20H21N3O2/c24-16-7-5-15(6-8-16)23-20(25)14-3-1-13(2-4-14)19-17-9-11-21-18(17)10-12-22-19/h1-4,9-12,15-16,21,24H,5-8H2,(H,23,25)/t15-,16-. The summed E-state index contributed by atoms with van der Waals surface area (Å²) < 4.78 is 0. The summed E-state index contributed by atoms with van der Waals surface area (Å²) in [5, 5.41) is 13.7. The van der Waals surface area contributed by atoms with Crippen molar-refractivity contribution < 1.29 is 9.90 Å². The van der Waals surface area contributed by atoms with E-state index in [1.165, 1.54) is 0 Å². The van der Waals surface area contributed by atoms with Crippen LogP contribution in [-0.2, 0) is 0 Å². The number of aromatic nitrogens is 2. The van der Waals surface area contributed by atoms with Gasteiger partial charge in [0.15, 0.2) is 0 Å². The van der Waals surface area contributed by atoms with Crippen LogP contribution in [0.2, 0.25) is 0 Å². The number of hydrogen-bond acceptors (Lipinski definition) is 3. The third-order valence-corrected chi connectivity index (χ3v) is 4.93. The van der Waals surface area contributed by atoms with E-state index in [4.69, 9.17) is 0 Å². The van der Waals surface area contributed by atoms with Gasteiger partial charge in [0.1, 0.15) is 0 Å². The van der Waals surface area contributed by atoms with Crippen molar-refractivity contribution in [3.8, 4) is 11.3 Å². The number of aliphatic hydroxyl groups is 1. The van der Waals surface area contributed by atoms with Crippen molar-refractivity contribution >= 4 is 16.8 Å². The van der Waals surface area contributed by atoms with Gasteiger partial charge in [-0.05, 0) is 49.9 Å². The quantitative estimate of drug-likeness (QED) is 0.687. The van der Waals surface area contributed by atoms with Crippen LogP contribution in [-0.4, -0.2) is 33.1 Å². The van der Waals surface area contributed by atoms with E-state index < -0.39 is 0 Å². The fourth-order valence-corrected chi connectivity index (χ4v) is 3.48. The molecule has 5 heteroatoms. The van der Waals surface area contributed by atoms with Gasteiger partial charge in [-0.25, -0.2) is 0 Å². The van der Waals surface area contributed by atoms with E-state index in [1.54, 1.807) is 6.20 Å². The number of pyridine rings is 1. The van der Waals surface area contributed by atoms with Gasteiger partial charge in [0.25, 0.3) is 5.91 Å². The summed E-state index contributed by atoms with van der Waals surface area (Å²) in [6, 6.07) is 11.7. The number of aromatic amines is 1. The fraction of sp³-hybridized carbons (Fsp3) is 0.300. The predicted molar refractivity (Wildman–Crippen MR) is 97.3 cm³/mol. The van der Waals surface area contributed by atoms with Crippen molar-refractivity contribution in [1.82, 2.24) is 15.3 Å². The molecule has 0 saturated heterocycles. The van der Waals surface area contributed by atoms with Gasteiger partial charge in [-0.15, -0.1) is 0 Å². The minimum atomic E-state index is -0.212. The first-order valence-electron chi connectivity index (χ1n) is 8.72. The molecule has 0 radical (unpaired) electrons. The van der Waals surface area contributed by atoms with E-state index in [-0.39, 0.29) is 18.1 Å². The summed E-state index contributed by atoms with van der Waals surface area (Å²) in [5.74, 6) is -0.0549. The zero-order chi connectivity index (χ0) is 17.2. The van der Waals surface area contributed by atoms with Crippen LogP contribution in [0, 0.1) is 0 Å². The Morgan fingerprint density at radius 3 is 2.60 bits per heavy atom. The van der Waals surface area contributed by atoms with Crippen LogP contribution >= 0.6 is 0 Å². The second-order valence-corrected chi connectivity index (χ2v) is 6.65. The number of hydrogen-bond donors (Lipinski definition) is 3. The maximum absolute atomic E-state index is 12.4. The van der Waals surface area contributed by atoms with Crippen LogP contribution < -0.4 is 5.32 Å². The second-order valence-electron chi connectivity index (χ2n) is 6.65. The van der Waals surface area contributed by atoms with E-state index in [9.17, 15) is 9.90 Å². The first-order chi connectivity index (χ1) is 12.2. The van der Waals surface area contributed by atoms with E-state index in [1.807, 2.05) is 42.6 Å². The Hall–Kier alpha value is -2.66. The zero-order valence-corrected chi connectivity index (χ0v) is 13.9. The van der Waals surface area contributed by atoms with Gasteiger partial charge in [-0.1, -0.05) is 12.1 Å². The molecule has 0 spiro atoms. The average Bonchev–Trinajstić information content (AvgIpc) is 3.12. The third kappa shape index (κ3) is 3.28. The summed E-state index contributed by atoms with van der Waals surface area (Å²) in [4.78, 5) is 20.1. The number of rotatable bonds is 3. The number of nitrogens with one attached hydrogen (secondary N) is 2. The first-order valence-corrected chi connectivity index (χ1v) is 8.72. The lowest BCUT2D eigenvalue weighted by atomic mass is 9.93. The molecule has 1 aromatic carbocycles. The van der Waals surface area contributed by atoms with Crippen molar-refractivity contribution in [3.05, 3.63) is 54.4 Å². The molecule has 4 rings (SSSR count). The summed E-state index contributed by atoms with van der Waals surface area (Å²) in [5.41, 5.74) is 3.59. The average molecular weight is 335 g/mol. The molecule has 0 aliphatic heterocycles. The molecule has 1 saturated carbocycles. The third-order valence-electron chi connectivity index (χ3n) is 4.93. The van der Waals surface area contributed by atoms with Gasteiger partial charge < -0.3 is 15.4 Å². The number of carbonyl (C=O) groups is 1. The predicted octanol–water partition coefficient (Wildman–Crippen LogP) is 3.26. The Morgan fingerprint density at radius 2 is 1.84 bits per heavy atom. The number of H-pyrrole nitrogens is 1. The maximum Gasteiger partial charge on any atom is 0.251 e. The molecular weight excluding hydrogens is 314 g/mol. The smallest absolute Gasteiger partial charge is 0.251 e. The minimum Gasteiger partial charge on any atom is -0.393 e. The lowest BCUT2D eigenvalue weighted by molar-refractivity contribution is 0.0867. The molecule has 128 valence electrons. The number of fused-ring (bicyclic) bond motifs is 1. The highest BCUT2D eigenvalue weighted by molar-refractivity contribution is 5.96. The Bertz CT molecular complexity index is 877. The molecular formula is C20H21N3O2. The molecule has 5 nitrogen and oxygen atoms in total. The Morgan fingerprint density at radius 1 is 1.08 bits per heavy atom. The van der Waals surface area contributed by atoms with Crippen LogP contribution in [0.1, 0.15) is 36.0 Å². The van der Waals surface area contributed by atoms with Gasteiger partial charge in [0.05, 0.1) is 11.8 Å². The summed E-state index contributed by atoms with van der Waals surface area (Å²) in [6.45, 7) is 0. The number of carbonyl (C=O) groups excluding carboxylic acids is 1. The van der Waals surface area contributed by atoms with Crippen LogP contribution in [0.5, 0.6) is 0 Å². The molecule has 1 amide bonds. The highest BCUT2D eigenvalue weighted by Crippen LogP contribution is 2.26. The monoisotopic (exact) mass is 335 g/mol. The van der Waals surface area contributed by atoms with Gasteiger partial charge in [-0.2, -0.15) is 0 Å². The van der Waals surface area contributed by atoms with Crippen molar-refractivity contribution in [2.45, 2.75) is 37.8 Å². The SMILES string of the molecule is O=C(N[C@H]1CC[C@H](O)CC1)c1ccc(-c2nccc3[nH]ccc23)cc1. The van der Waals surface area contributed by atoms with Crippen LogP contribution in [0.25, 0.3) is 22.2 Å². The highest BCUT2D eigenvalue weighted by atomic mass is 16.3. The zero-order valence-electron chi connectivity index (χ0n) is 13.9. The van der Waals surface area contributed by atoms with E-state index in [0.29, 0.717) is 5.56 Å². The molecule has 25 heavy (non-hydrogen) atoms. The molecule has 0 atom stereocenters. The fourth-order valence-electron chi connectivity index (χ4n) is 3.48. The normalized spacial score (nSPS) is 20.5. The van der Waals surface area contributed by atoms with Gasteiger partial charge >= 0.3 is 0 Å². The van der Waals surface area contributed by atoms with Gasteiger partial charge in [0.2, 0.25) is 0 Å². The van der Waals surface area contributed by atoms with E-state index in [0.717, 1.165) is 47.8 Å². The molecule has 3 aromatic rings. The Kier molecular flexibility index (Phi) is 4.24.